The second-order valence-corrected chi connectivity index (χ2v) is 9.72. The first-order valence-corrected chi connectivity index (χ1v) is 11.3. The Hall–Kier alpha value is -2.67. The van der Waals surface area contributed by atoms with E-state index in [-0.39, 0.29) is 29.9 Å². The molecule has 1 aliphatic rings. The van der Waals surface area contributed by atoms with Crippen LogP contribution in [0.1, 0.15) is 45.3 Å². The van der Waals surface area contributed by atoms with Crippen molar-refractivity contribution < 1.29 is 22.7 Å². The van der Waals surface area contributed by atoms with Gasteiger partial charge in [-0.3, -0.25) is 4.79 Å². The zero-order valence-electron chi connectivity index (χ0n) is 16.8. The Morgan fingerprint density at radius 1 is 1.17 bits per heavy atom. The molecule has 0 amide bonds. The van der Waals surface area contributed by atoms with Crippen molar-refractivity contribution in [3.63, 3.8) is 0 Å². The van der Waals surface area contributed by atoms with E-state index in [1.807, 2.05) is 42.7 Å². The van der Waals surface area contributed by atoms with Crippen molar-refractivity contribution in [3.8, 4) is 0 Å². The van der Waals surface area contributed by atoms with Gasteiger partial charge >= 0.3 is 5.97 Å². The zero-order valence-corrected chi connectivity index (χ0v) is 17.7. The minimum absolute atomic E-state index is 0.0930. The number of carbonyl (C=O) groups excluding carboxylic acids is 2. The number of carbonyl (C=O) groups is 2. The summed E-state index contributed by atoms with van der Waals surface area (Å²) >= 11 is 0. The average Bonchev–Trinajstić information content (AvgIpc) is 3.17. The molecule has 1 aliphatic heterocycles. The quantitative estimate of drug-likeness (QED) is 0.411. The number of esters is 1. The number of hydrogen-bond donors (Lipinski definition) is 0. The molecular formula is C22H25NO5S. The number of nitrogens with zero attached hydrogens (tertiary/aromatic N) is 1. The number of aryl methyl sites for hydroxylation is 2. The fourth-order valence-electron chi connectivity index (χ4n) is 3.70. The average molecular weight is 416 g/mol. The van der Waals surface area contributed by atoms with Gasteiger partial charge in [-0.1, -0.05) is 29.8 Å². The standard InChI is InChI=1S/C22H25NO5S/c1-15-4-6-18(7-5-15)8-9-22(25)28-13-21(24)20-12-16(2)23(17(20)3)19-10-11-29(26,27)14-19/h4-9,12,19H,10-11,13-14H2,1-3H3/b9-8+. The number of ether oxygens (including phenoxy) is 1. The second kappa shape index (κ2) is 8.37. The smallest absolute Gasteiger partial charge is 0.331 e. The Kier molecular flexibility index (Phi) is 6.07. The number of ketones is 1. The highest BCUT2D eigenvalue weighted by atomic mass is 32.2. The van der Waals surface area contributed by atoms with Crippen LogP contribution in [0.2, 0.25) is 0 Å². The topological polar surface area (TPSA) is 82.4 Å². The van der Waals surface area contributed by atoms with Crippen LogP contribution < -0.4 is 0 Å². The molecule has 1 aromatic heterocycles. The van der Waals surface area contributed by atoms with Gasteiger partial charge in [0.2, 0.25) is 5.78 Å². The van der Waals surface area contributed by atoms with Crippen LogP contribution in [0, 0.1) is 20.8 Å². The predicted molar refractivity (Wildman–Crippen MR) is 112 cm³/mol. The van der Waals surface area contributed by atoms with Crippen molar-refractivity contribution in [3.05, 3.63) is 64.5 Å². The molecule has 1 unspecified atom stereocenters. The summed E-state index contributed by atoms with van der Waals surface area (Å²) in [5, 5.41) is 0. The molecule has 0 radical (unpaired) electrons. The molecule has 1 fully saturated rings. The van der Waals surface area contributed by atoms with Gasteiger partial charge in [0.25, 0.3) is 0 Å². The highest BCUT2D eigenvalue weighted by Crippen LogP contribution is 2.29. The minimum Gasteiger partial charge on any atom is -0.454 e. The monoisotopic (exact) mass is 415 g/mol. The van der Waals surface area contributed by atoms with Crippen LogP contribution in [0.4, 0.5) is 0 Å². The first-order valence-electron chi connectivity index (χ1n) is 9.50. The highest BCUT2D eigenvalue weighted by molar-refractivity contribution is 7.91. The van der Waals surface area contributed by atoms with Gasteiger partial charge in [-0.05, 0) is 44.9 Å². The molecule has 1 saturated heterocycles. The lowest BCUT2D eigenvalue weighted by Gasteiger charge is -2.16. The molecular weight excluding hydrogens is 390 g/mol. The molecule has 29 heavy (non-hydrogen) atoms. The van der Waals surface area contributed by atoms with Crippen LogP contribution in [-0.4, -0.2) is 42.9 Å². The normalized spacial score (nSPS) is 18.2. The van der Waals surface area contributed by atoms with E-state index < -0.39 is 15.8 Å². The zero-order chi connectivity index (χ0) is 21.2. The minimum atomic E-state index is -3.02. The summed E-state index contributed by atoms with van der Waals surface area (Å²) in [4.78, 5) is 24.5. The first kappa shape index (κ1) is 21.0. The molecule has 3 rings (SSSR count). The van der Waals surface area contributed by atoms with Crippen molar-refractivity contribution in [2.24, 2.45) is 0 Å². The third kappa shape index (κ3) is 5.03. The van der Waals surface area contributed by atoms with Gasteiger partial charge in [0, 0.05) is 29.1 Å². The molecule has 2 heterocycles. The fraction of sp³-hybridized carbons (Fsp3) is 0.364. The SMILES string of the molecule is Cc1ccc(/C=C/C(=O)OCC(=O)c2cc(C)n(C3CCS(=O)(=O)C3)c2C)cc1. The van der Waals surface area contributed by atoms with Crippen molar-refractivity contribution >= 4 is 27.7 Å². The van der Waals surface area contributed by atoms with E-state index in [4.69, 9.17) is 4.74 Å². The maximum atomic E-state index is 12.6. The van der Waals surface area contributed by atoms with Crippen molar-refractivity contribution in [2.75, 3.05) is 18.1 Å². The van der Waals surface area contributed by atoms with Crippen LogP contribution in [0.5, 0.6) is 0 Å². The van der Waals surface area contributed by atoms with Gasteiger partial charge in [-0.25, -0.2) is 13.2 Å². The van der Waals surface area contributed by atoms with Crippen LogP contribution in [-0.2, 0) is 19.4 Å². The van der Waals surface area contributed by atoms with Crippen LogP contribution in [0.3, 0.4) is 0 Å². The summed E-state index contributed by atoms with van der Waals surface area (Å²) in [6.45, 7) is 5.27. The van der Waals surface area contributed by atoms with Gasteiger partial charge in [0.1, 0.15) is 0 Å². The summed E-state index contributed by atoms with van der Waals surface area (Å²) in [6, 6.07) is 9.25. The molecule has 7 heteroatoms. The number of hydrogen-bond acceptors (Lipinski definition) is 5. The summed E-state index contributed by atoms with van der Waals surface area (Å²) in [6.07, 6.45) is 3.48. The van der Waals surface area contributed by atoms with Crippen LogP contribution in [0.25, 0.3) is 6.08 Å². The third-order valence-electron chi connectivity index (χ3n) is 5.19. The third-order valence-corrected chi connectivity index (χ3v) is 6.94. The molecule has 0 spiro atoms. The lowest BCUT2D eigenvalue weighted by molar-refractivity contribution is -0.136. The fourth-order valence-corrected chi connectivity index (χ4v) is 5.40. The van der Waals surface area contributed by atoms with Crippen molar-refractivity contribution in [1.29, 1.82) is 0 Å². The highest BCUT2D eigenvalue weighted by Gasteiger charge is 2.31. The van der Waals surface area contributed by atoms with E-state index in [1.165, 1.54) is 6.08 Å². The van der Waals surface area contributed by atoms with Crippen molar-refractivity contribution in [1.82, 2.24) is 4.57 Å². The van der Waals surface area contributed by atoms with E-state index in [1.54, 1.807) is 19.1 Å². The van der Waals surface area contributed by atoms with E-state index in [9.17, 15) is 18.0 Å². The van der Waals surface area contributed by atoms with Gasteiger partial charge in [0.05, 0.1) is 11.5 Å². The van der Waals surface area contributed by atoms with E-state index in [0.29, 0.717) is 17.7 Å². The Labute approximate surface area is 171 Å². The maximum Gasteiger partial charge on any atom is 0.331 e. The molecule has 0 N–H and O–H groups in total. The maximum absolute atomic E-state index is 12.6. The largest absolute Gasteiger partial charge is 0.454 e. The Morgan fingerprint density at radius 3 is 2.48 bits per heavy atom. The molecule has 2 aromatic rings. The Morgan fingerprint density at radius 2 is 1.86 bits per heavy atom. The van der Waals surface area contributed by atoms with Crippen LogP contribution >= 0.6 is 0 Å². The summed E-state index contributed by atoms with van der Waals surface area (Å²) < 4.78 is 30.6. The van der Waals surface area contributed by atoms with Gasteiger partial charge in [0.15, 0.2) is 16.4 Å². The number of sulfone groups is 1. The lowest BCUT2D eigenvalue weighted by Crippen LogP contribution is -2.16. The molecule has 154 valence electrons. The summed E-state index contributed by atoms with van der Waals surface area (Å²) in [5.74, 6) is -0.629. The Balaban J connectivity index is 1.63. The summed E-state index contributed by atoms with van der Waals surface area (Å²) in [5.41, 5.74) is 4.00. The number of aromatic nitrogens is 1. The Bertz CT molecular complexity index is 1060. The molecule has 0 aliphatic carbocycles. The van der Waals surface area contributed by atoms with E-state index in [0.717, 1.165) is 16.8 Å². The number of rotatable bonds is 6. The molecule has 0 saturated carbocycles. The predicted octanol–water partition coefficient (Wildman–Crippen LogP) is 3.21. The molecule has 6 nitrogen and oxygen atoms in total. The second-order valence-electron chi connectivity index (χ2n) is 7.49. The molecule has 1 aromatic carbocycles. The number of Topliss-reactive ketones (excluding diaryl/α,β-unsaturated/α-hetero) is 1. The first-order chi connectivity index (χ1) is 13.7. The number of benzene rings is 1. The summed E-state index contributed by atoms with van der Waals surface area (Å²) in [7, 11) is -3.02. The van der Waals surface area contributed by atoms with Gasteiger partial charge in [-0.2, -0.15) is 0 Å². The van der Waals surface area contributed by atoms with Gasteiger partial charge < -0.3 is 9.30 Å². The van der Waals surface area contributed by atoms with Crippen LogP contribution in [0.15, 0.2) is 36.4 Å². The molecule has 1 atom stereocenters. The molecule has 0 bridgehead atoms. The van der Waals surface area contributed by atoms with Crippen molar-refractivity contribution in [2.45, 2.75) is 33.2 Å². The van der Waals surface area contributed by atoms with E-state index in [2.05, 4.69) is 0 Å². The van der Waals surface area contributed by atoms with E-state index >= 15 is 0 Å². The van der Waals surface area contributed by atoms with Gasteiger partial charge in [-0.15, -0.1) is 0 Å². The lowest BCUT2D eigenvalue weighted by atomic mass is 10.1.